The molecular weight excluding hydrogens is 270 g/mol. The smallest absolute Gasteiger partial charge is 0.407 e. The zero-order valence-corrected chi connectivity index (χ0v) is 12.4. The first kappa shape index (κ1) is 15.4. The highest BCUT2D eigenvalue weighted by atomic mass is 16.5. The monoisotopic (exact) mass is 291 g/mol. The van der Waals surface area contributed by atoms with Gasteiger partial charge in [0.25, 0.3) is 0 Å². The third-order valence-electron chi connectivity index (χ3n) is 4.49. The lowest BCUT2D eigenvalue weighted by Crippen LogP contribution is -2.64. The largest absolute Gasteiger partial charge is 0.481 e. The van der Waals surface area contributed by atoms with Crippen molar-refractivity contribution in [1.29, 1.82) is 0 Å². The van der Waals surface area contributed by atoms with E-state index in [0.717, 1.165) is 12.0 Å². The summed E-state index contributed by atoms with van der Waals surface area (Å²) >= 11 is 0. The number of hydrogen-bond donors (Lipinski definition) is 2. The van der Waals surface area contributed by atoms with Crippen molar-refractivity contribution in [2.45, 2.75) is 45.3 Å². The molecule has 2 rings (SSSR count). The van der Waals surface area contributed by atoms with Crippen LogP contribution < -0.4 is 5.32 Å². The molecule has 1 fully saturated rings. The average molecular weight is 291 g/mol. The molecule has 0 aromatic heterocycles. The number of amides is 1. The number of ether oxygens (including phenoxy) is 1. The van der Waals surface area contributed by atoms with E-state index in [2.05, 4.69) is 5.32 Å². The number of aliphatic carboxylic acids is 1. The van der Waals surface area contributed by atoms with Gasteiger partial charge in [-0.25, -0.2) is 4.79 Å². The molecule has 1 aliphatic carbocycles. The molecule has 1 aromatic carbocycles. The van der Waals surface area contributed by atoms with Gasteiger partial charge in [-0.05, 0) is 38.7 Å². The second-order valence-corrected chi connectivity index (χ2v) is 6.05. The van der Waals surface area contributed by atoms with Gasteiger partial charge in [-0.2, -0.15) is 0 Å². The van der Waals surface area contributed by atoms with Crippen LogP contribution in [-0.4, -0.2) is 22.7 Å². The molecule has 1 aliphatic rings. The summed E-state index contributed by atoms with van der Waals surface area (Å²) in [5.41, 5.74) is -0.836. The summed E-state index contributed by atoms with van der Waals surface area (Å²) in [5.74, 6) is -0.912. The lowest BCUT2D eigenvalue weighted by molar-refractivity contribution is -0.155. The molecule has 0 spiro atoms. The van der Waals surface area contributed by atoms with Crippen LogP contribution >= 0.6 is 0 Å². The maximum atomic E-state index is 12.0. The Morgan fingerprint density at radius 2 is 1.90 bits per heavy atom. The fourth-order valence-electron chi connectivity index (χ4n) is 2.60. The molecule has 0 radical (unpaired) electrons. The summed E-state index contributed by atoms with van der Waals surface area (Å²) in [6.07, 6.45) is 1.67. The molecule has 0 atom stereocenters. The fraction of sp³-hybridized carbons (Fsp3) is 0.500. The number of carboxylic acid groups (broad SMARTS) is 1. The van der Waals surface area contributed by atoms with Crippen molar-refractivity contribution in [1.82, 2.24) is 5.32 Å². The molecule has 5 heteroatoms. The molecule has 114 valence electrons. The van der Waals surface area contributed by atoms with Gasteiger partial charge >= 0.3 is 12.1 Å². The minimum absolute atomic E-state index is 0.177. The van der Waals surface area contributed by atoms with Crippen LogP contribution in [0.4, 0.5) is 4.79 Å². The Balaban J connectivity index is 1.96. The van der Waals surface area contributed by atoms with Crippen LogP contribution in [0.2, 0.25) is 0 Å². The van der Waals surface area contributed by atoms with Gasteiger partial charge in [-0.1, -0.05) is 30.3 Å². The fourth-order valence-corrected chi connectivity index (χ4v) is 2.60. The van der Waals surface area contributed by atoms with Crippen LogP contribution in [-0.2, 0) is 16.1 Å². The van der Waals surface area contributed by atoms with Gasteiger partial charge in [0.15, 0.2) is 0 Å². The first-order valence-corrected chi connectivity index (χ1v) is 7.10. The van der Waals surface area contributed by atoms with Crippen molar-refractivity contribution >= 4 is 12.1 Å². The standard InChI is InChI=1S/C16H21NO4/c1-15(2,13(18)19)16(9-6-10-16)17-14(20)21-11-12-7-4-3-5-8-12/h3-5,7-8H,6,9-11H2,1-2H3,(H,17,20)(H,18,19). The van der Waals surface area contributed by atoms with Crippen molar-refractivity contribution < 1.29 is 19.4 Å². The Hall–Kier alpha value is -2.04. The predicted molar refractivity (Wildman–Crippen MR) is 77.8 cm³/mol. The van der Waals surface area contributed by atoms with E-state index in [1.165, 1.54) is 0 Å². The Kier molecular flexibility index (Phi) is 4.21. The minimum atomic E-state index is -1.02. The number of hydrogen-bond acceptors (Lipinski definition) is 3. The third kappa shape index (κ3) is 3.01. The third-order valence-corrected chi connectivity index (χ3v) is 4.49. The number of benzene rings is 1. The van der Waals surface area contributed by atoms with E-state index in [-0.39, 0.29) is 6.61 Å². The van der Waals surface area contributed by atoms with E-state index in [1.807, 2.05) is 30.3 Å². The van der Waals surface area contributed by atoms with Crippen LogP contribution in [0.3, 0.4) is 0 Å². The maximum Gasteiger partial charge on any atom is 0.407 e. The van der Waals surface area contributed by atoms with Crippen molar-refractivity contribution in [3.05, 3.63) is 35.9 Å². The van der Waals surface area contributed by atoms with Gasteiger partial charge in [0.2, 0.25) is 0 Å². The Bertz CT molecular complexity index is 520. The number of carbonyl (C=O) groups excluding carboxylic acids is 1. The molecule has 1 saturated carbocycles. The lowest BCUT2D eigenvalue weighted by atomic mass is 9.60. The summed E-state index contributed by atoms with van der Waals surface area (Å²) < 4.78 is 5.19. The quantitative estimate of drug-likeness (QED) is 0.874. The second kappa shape index (κ2) is 5.76. The molecule has 1 aromatic rings. The molecule has 0 heterocycles. The van der Waals surface area contributed by atoms with Crippen molar-refractivity contribution in [3.8, 4) is 0 Å². The van der Waals surface area contributed by atoms with Crippen LogP contribution in [0.1, 0.15) is 38.7 Å². The highest BCUT2D eigenvalue weighted by molar-refractivity contribution is 5.78. The van der Waals surface area contributed by atoms with Crippen LogP contribution in [0.25, 0.3) is 0 Å². The Morgan fingerprint density at radius 1 is 1.29 bits per heavy atom. The summed E-state index contributed by atoms with van der Waals surface area (Å²) in [6.45, 7) is 3.47. The highest BCUT2D eigenvalue weighted by Gasteiger charge is 2.55. The molecule has 5 nitrogen and oxygen atoms in total. The van der Waals surface area contributed by atoms with E-state index < -0.39 is 23.0 Å². The van der Waals surface area contributed by atoms with Crippen LogP contribution in [0.15, 0.2) is 30.3 Å². The predicted octanol–water partition coefficient (Wildman–Crippen LogP) is 2.95. The van der Waals surface area contributed by atoms with Crippen molar-refractivity contribution in [2.75, 3.05) is 0 Å². The van der Waals surface area contributed by atoms with Gasteiger partial charge in [0.1, 0.15) is 6.61 Å². The molecule has 21 heavy (non-hydrogen) atoms. The topological polar surface area (TPSA) is 75.6 Å². The summed E-state index contributed by atoms with van der Waals surface area (Å²) in [4.78, 5) is 23.4. The van der Waals surface area contributed by atoms with Gasteiger partial charge < -0.3 is 15.2 Å². The van der Waals surface area contributed by atoms with Crippen LogP contribution in [0, 0.1) is 5.41 Å². The van der Waals surface area contributed by atoms with E-state index in [4.69, 9.17) is 4.74 Å². The number of carbonyl (C=O) groups is 2. The van der Waals surface area contributed by atoms with Gasteiger partial charge in [-0.15, -0.1) is 0 Å². The SMILES string of the molecule is CC(C)(C(=O)O)C1(NC(=O)OCc2ccccc2)CCC1. The van der Waals surface area contributed by atoms with Gasteiger partial charge in [-0.3, -0.25) is 4.79 Å². The molecule has 2 N–H and O–H groups in total. The summed E-state index contributed by atoms with van der Waals surface area (Å²) in [6, 6.07) is 9.37. The first-order chi connectivity index (χ1) is 9.87. The zero-order chi connectivity index (χ0) is 15.5. The van der Waals surface area contributed by atoms with Gasteiger partial charge in [0, 0.05) is 0 Å². The Morgan fingerprint density at radius 3 is 2.38 bits per heavy atom. The normalized spacial score (nSPS) is 16.7. The summed E-state index contributed by atoms with van der Waals surface area (Å²) in [7, 11) is 0. The lowest BCUT2D eigenvalue weighted by Gasteiger charge is -2.50. The van der Waals surface area contributed by atoms with E-state index >= 15 is 0 Å². The maximum absolute atomic E-state index is 12.0. The van der Waals surface area contributed by atoms with Crippen LogP contribution in [0.5, 0.6) is 0 Å². The van der Waals surface area contributed by atoms with Crippen molar-refractivity contribution in [2.24, 2.45) is 5.41 Å². The molecule has 0 aliphatic heterocycles. The zero-order valence-electron chi connectivity index (χ0n) is 12.4. The van der Waals surface area contributed by atoms with Crippen molar-refractivity contribution in [3.63, 3.8) is 0 Å². The second-order valence-electron chi connectivity index (χ2n) is 6.05. The molecule has 0 saturated heterocycles. The van der Waals surface area contributed by atoms with E-state index in [9.17, 15) is 14.7 Å². The minimum Gasteiger partial charge on any atom is -0.481 e. The average Bonchev–Trinajstić information content (AvgIpc) is 2.41. The summed E-state index contributed by atoms with van der Waals surface area (Å²) in [5, 5.41) is 12.2. The molecule has 1 amide bonds. The Labute approximate surface area is 124 Å². The van der Waals surface area contributed by atoms with E-state index in [1.54, 1.807) is 13.8 Å². The molecule has 0 bridgehead atoms. The number of rotatable bonds is 5. The molecular formula is C16H21NO4. The van der Waals surface area contributed by atoms with E-state index in [0.29, 0.717) is 12.8 Å². The number of carboxylic acids is 1. The van der Waals surface area contributed by atoms with Gasteiger partial charge in [0.05, 0.1) is 11.0 Å². The first-order valence-electron chi connectivity index (χ1n) is 7.10. The number of nitrogens with one attached hydrogen (secondary N) is 1. The number of alkyl carbamates (subject to hydrolysis) is 1. The highest BCUT2D eigenvalue weighted by Crippen LogP contribution is 2.46. The molecule has 0 unspecified atom stereocenters.